The van der Waals surface area contributed by atoms with E-state index in [0.29, 0.717) is 5.88 Å². The quantitative estimate of drug-likeness (QED) is 0.844. The minimum absolute atomic E-state index is 0.192. The number of hydrogen-bond acceptors (Lipinski definition) is 5. The molecule has 1 aliphatic rings. The number of methoxy groups -OCH3 is 1. The van der Waals surface area contributed by atoms with Crippen molar-refractivity contribution in [1.29, 1.82) is 0 Å². The van der Waals surface area contributed by atoms with E-state index in [1.165, 1.54) is 6.33 Å². The molecule has 0 amide bonds. The number of carbonyl (C=O) groups is 1. The van der Waals surface area contributed by atoms with E-state index in [4.69, 9.17) is 9.84 Å². The van der Waals surface area contributed by atoms with Crippen LogP contribution < -0.4 is 10.1 Å². The van der Waals surface area contributed by atoms with E-state index in [1.54, 1.807) is 13.2 Å². The van der Waals surface area contributed by atoms with Crippen LogP contribution in [0.3, 0.4) is 0 Å². The van der Waals surface area contributed by atoms with Crippen LogP contribution in [0, 0.1) is 5.92 Å². The molecule has 0 radical (unpaired) electrons. The van der Waals surface area contributed by atoms with E-state index in [9.17, 15) is 4.79 Å². The highest BCUT2D eigenvalue weighted by molar-refractivity contribution is 5.70. The molecular formula is C12H17N3O3. The van der Waals surface area contributed by atoms with Gasteiger partial charge in [-0.25, -0.2) is 9.97 Å². The lowest BCUT2D eigenvalue weighted by molar-refractivity contribution is -0.142. The van der Waals surface area contributed by atoms with Crippen molar-refractivity contribution in [1.82, 2.24) is 9.97 Å². The number of nitrogens with one attached hydrogen (secondary N) is 1. The summed E-state index contributed by atoms with van der Waals surface area (Å²) >= 11 is 0. The van der Waals surface area contributed by atoms with Gasteiger partial charge in [0.25, 0.3) is 0 Å². The van der Waals surface area contributed by atoms with Crippen LogP contribution >= 0.6 is 0 Å². The van der Waals surface area contributed by atoms with Gasteiger partial charge in [-0.2, -0.15) is 0 Å². The first-order chi connectivity index (χ1) is 8.69. The first-order valence-corrected chi connectivity index (χ1v) is 6.04. The van der Waals surface area contributed by atoms with Crippen LogP contribution in [-0.4, -0.2) is 34.2 Å². The molecule has 1 fully saturated rings. The molecule has 6 heteroatoms. The topological polar surface area (TPSA) is 84.3 Å². The maximum absolute atomic E-state index is 10.8. The first-order valence-electron chi connectivity index (χ1n) is 6.04. The summed E-state index contributed by atoms with van der Waals surface area (Å²) in [5.41, 5.74) is 0. The number of hydrogen-bond donors (Lipinski definition) is 2. The third kappa shape index (κ3) is 3.09. The van der Waals surface area contributed by atoms with Gasteiger partial charge in [-0.05, 0) is 25.7 Å². The summed E-state index contributed by atoms with van der Waals surface area (Å²) in [6, 6.07) is 2.02. The third-order valence-electron chi connectivity index (χ3n) is 3.28. The molecule has 1 aromatic heterocycles. The Morgan fingerprint density at radius 3 is 2.72 bits per heavy atom. The lowest BCUT2D eigenvalue weighted by Gasteiger charge is -2.27. The molecule has 0 spiro atoms. The SMILES string of the molecule is COc1cc(NC2CCC(C(=O)O)CC2)ncn1. The van der Waals surface area contributed by atoms with E-state index in [-0.39, 0.29) is 12.0 Å². The summed E-state index contributed by atoms with van der Waals surface area (Å²) in [6.45, 7) is 0. The average Bonchev–Trinajstić information content (AvgIpc) is 2.39. The molecule has 1 aliphatic carbocycles. The van der Waals surface area contributed by atoms with Crippen molar-refractivity contribution < 1.29 is 14.6 Å². The monoisotopic (exact) mass is 251 g/mol. The summed E-state index contributed by atoms with van der Waals surface area (Å²) in [6.07, 6.45) is 4.58. The molecule has 0 atom stereocenters. The van der Waals surface area contributed by atoms with Crippen molar-refractivity contribution in [3.05, 3.63) is 12.4 Å². The molecule has 1 saturated carbocycles. The zero-order valence-electron chi connectivity index (χ0n) is 10.3. The van der Waals surface area contributed by atoms with E-state index < -0.39 is 5.97 Å². The maximum atomic E-state index is 10.8. The van der Waals surface area contributed by atoms with Crippen LogP contribution in [0.5, 0.6) is 5.88 Å². The van der Waals surface area contributed by atoms with Crippen molar-refractivity contribution in [2.24, 2.45) is 5.92 Å². The van der Waals surface area contributed by atoms with Gasteiger partial charge < -0.3 is 15.2 Å². The van der Waals surface area contributed by atoms with Crippen molar-refractivity contribution >= 4 is 11.8 Å². The molecular weight excluding hydrogens is 234 g/mol. The molecule has 0 unspecified atom stereocenters. The molecule has 6 nitrogen and oxygen atoms in total. The lowest BCUT2D eigenvalue weighted by Crippen LogP contribution is -2.29. The van der Waals surface area contributed by atoms with Crippen LogP contribution in [0.15, 0.2) is 12.4 Å². The fourth-order valence-corrected chi connectivity index (χ4v) is 2.22. The smallest absolute Gasteiger partial charge is 0.306 e. The molecule has 2 rings (SSSR count). The molecule has 0 aliphatic heterocycles. The highest BCUT2D eigenvalue weighted by Gasteiger charge is 2.25. The van der Waals surface area contributed by atoms with Gasteiger partial charge in [-0.1, -0.05) is 0 Å². The van der Waals surface area contributed by atoms with Gasteiger partial charge in [0, 0.05) is 12.1 Å². The second-order valence-electron chi connectivity index (χ2n) is 4.48. The molecule has 1 aromatic rings. The highest BCUT2D eigenvalue weighted by atomic mass is 16.5. The molecule has 2 N–H and O–H groups in total. The van der Waals surface area contributed by atoms with Gasteiger partial charge in [-0.3, -0.25) is 4.79 Å². The van der Waals surface area contributed by atoms with Crippen molar-refractivity contribution in [3.63, 3.8) is 0 Å². The Bertz CT molecular complexity index is 417. The molecule has 0 saturated heterocycles. The fourth-order valence-electron chi connectivity index (χ4n) is 2.22. The van der Waals surface area contributed by atoms with Gasteiger partial charge in [0.15, 0.2) is 0 Å². The fraction of sp³-hybridized carbons (Fsp3) is 0.583. The Morgan fingerprint density at radius 1 is 1.39 bits per heavy atom. The summed E-state index contributed by atoms with van der Waals surface area (Å²) in [5, 5.41) is 12.2. The lowest BCUT2D eigenvalue weighted by atomic mass is 9.86. The molecule has 98 valence electrons. The molecule has 0 bridgehead atoms. The van der Waals surface area contributed by atoms with Crippen LogP contribution in [0.1, 0.15) is 25.7 Å². The zero-order chi connectivity index (χ0) is 13.0. The third-order valence-corrected chi connectivity index (χ3v) is 3.28. The molecule has 0 aromatic carbocycles. The minimum Gasteiger partial charge on any atom is -0.481 e. The number of carboxylic acids is 1. The number of ether oxygens (including phenoxy) is 1. The van der Waals surface area contributed by atoms with E-state index >= 15 is 0 Å². The van der Waals surface area contributed by atoms with Crippen LogP contribution in [0.4, 0.5) is 5.82 Å². The summed E-state index contributed by atoms with van der Waals surface area (Å²) in [5.74, 6) is 0.368. The summed E-state index contributed by atoms with van der Waals surface area (Å²) < 4.78 is 5.02. The van der Waals surface area contributed by atoms with Crippen molar-refractivity contribution in [2.75, 3.05) is 12.4 Å². The average molecular weight is 251 g/mol. The highest BCUT2D eigenvalue weighted by Crippen LogP contribution is 2.26. The van der Waals surface area contributed by atoms with Crippen molar-refractivity contribution in [3.8, 4) is 5.88 Å². The standard InChI is InChI=1S/C12H17N3O3/c1-18-11-6-10(13-7-14-11)15-9-4-2-8(3-5-9)12(16)17/h6-9H,2-5H2,1H3,(H,16,17)(H,13,14,15). The largest absolute Gasteiger partial charge is 0.481 e. The van der Waals surface area contributed by atoms with Crippen LogP contribution in [-0.2, 0) is 4.79 Å². The summed E-state index contributed by atoms with van der Waals surface area (Å²) in [4.78, 5) is 18.9. The number of aromatic nitrogens is 2. The Labute approximate surface area is 105 Å². The Kier molecular flexibility index (Phi) is 3.96. The van der Waals surface area contributed by atoms with Gasteiger partial charge in [-0.15, -0.1) is 0 Å². The van der Waals surface area contributed by atoms with E-state index in [1.807, 2.05) is 0 Å². The predicted molar refractivity (Wildman–Crippen MR) is 65.6 cm³/mol. The number of nitrogens with zero attached hydrogens (tertiary/aromatic N) is 2. The van der Waals surface area contributed by atoms with Gasteiger partial charge >= 0.3 is 5.97 Å². The van der Waals surface area contributed by atoms with Gasteiger partial charge in [0.1, 0.15) is 12.1 Å². The van der Waals surface area contributed by atoms with Gasteiger partial charge in [0.2, 0.25) is 5.88 Å². The zero-order valence-corrected chi connectivity index (χ0v) is 10.3. The van der Waals surface area contributed by atoms with Crippen molar-refractivity contribution in [2.45, 2.75) is 31.7 Å². The Balaban J connectivity index is 1.89. The molecule has 18 heavy (non-hydrogen) atoms. The normalized spacial score (nSPS) is 23.4. The van der Waals surface area contributed by atoms with Gasteiger partial charge in [0.05, 0.1) is 13.0 Å². The minimum atomic E-state index is -0.683. The summed E-state index contributed by atoms with van der Waals surface area (Å²) in [7, 11) is 1.56. The number of anilines is 1. The maximum Gasteiger partial charge on any atom is 0.306 e. The van der Waals surface area contributed by atoms with Crippen LogP contribution in [0.2, 0.25) is 0 Å². The Morgan fingerprint density at radius 2 is 2.11 bits per heavy atom. The second-order valence-corrected chi connectivity index (χ2v) is 4.48. The Hall–Kier alpha value is -1.85. The number of carboxylic acid groups (broad SMARTS) is 1. The number of rotatable bonds is 4. The first kappa shape index (κ1) is 12.6. The predicted octanol–water partition coefficient (Wildman–Crippen LogP) is 1.54. The number of aliphatic carboxylic acids is 1. The molecule has 1 heterocycles. The van der Waals surface area contributed by atoms with Crippen LogP contribution in [0.25, 0.3) is 0 Å². The van der Waals surface area contributed by atoms with E-state index in [0.717, 1.165) is 31.5 Å². The second kappa shape index (κ2) is 5.66. The van der Waals surface area contributed by atoms with E-state index in [2.05, 4.69) is 15.3 Å².